The van der Waals surface area contributed by atoms with Crippen LogP contribution in [0, 0.1) is 27.7 Å². The molecule has 1 fully saturated rings. The molecule has 3 aromatic rings. The second-order valence-corrected chi connectivity index (χ2v) is 8.63. The van der Waals surface area contributed by atoms with Gasteiger partial charge < -0.3 is 18.6 Å². The Morgan fingerprint density at radius 3 is 2.33 bits per heavy atom. The average Bonchev–Trinajstić information content (AvgIpc) is 3.10. The van der Waals surface area contributed by atoms with E-state index in [2.05, 4.69) is 16.1 Å². The van der Waals surface area contributed by atoms with E-state index in [1.54, 1.807) is 13.8 Å². The van der Waals surface area contributed by atoms with E-state index in [-0.39, 0.29) is 17.1 Å². The minimum absolute atomic E-state index is 0.0530. The van der Waals surface area contributed by atoms with Gasteiger partial charge in [-0.2, -0.15) is 0 Å². The van der Waals surface area contributed by atoms with E-state index in [9.17, 15) is 9.59 Å². The highest BCUT2D eigenvalue weighted by molar-refractivity contribution is 5.96. The van der Waals surface area contributed by atoms with Gasteiger partial charge in [0.1, 0.15) is 30.0 Å². The van der Waals surface area contributed by atoms with E-state index in [4.69, 9.17) is 13.7 Å². The standard InChI is InChI=1S/C25H29N3O5/c1-16-9-17(2)11-20(10-16)14-32-23-15-31-21(12-22(23)29)13-27-5-7-28(8-6-27)25(30)24-18(3)26-33-19(24)4/h9-12,15H,5-8,13-14H2,1-4H3. The topological polar surface area (TPSA) is 89.0 Å². The first-order valence-corrected chi connectivity index (χ1v) is 11.1. The van der Waals surface area contributed by atoms with Crippen molar-refractivity contribution in [2.24, 2.45) is 0 Å². The molecule has 0 bridgehead atoms. The SMILES string of the molecule is Cc1cc(C)cc(COc2coc(CN3CCN(C(=O)c4c(C)noc4C)CC3)cc2=O)c1. The Hall–Kier alpha value is -3.39. The van der Waals surface area contributed by atoms with Gasteiger partial charge in [0, 0.05) is 32.2 Å². The van der Waals surface area contributed by atoms with Crippen LogP contribution in [0.5, 0.6) is 5.75 Å². The average molecular weight is 452 g/mol. The molecule has 1 amide bonds. The lowest BCUT2D eigenvalue weighted by Gasteiger charge is -2.34. The lowest BCUT2D eigenvalue weighted by Crippen LogP contribution is -2.48. The molecule has 2 aromatic heterocycles. The van der Waals surface area contributed by atoms with Crippen molar-refractivity contribution in [2.75, 3.05) is 26.2 Å². The summed E-state index contributed by atoms with van der Waals surface area (Å²) in [4.78, 5) is 29.3. The van der Waals surface area contributed by atoms with Crippen molar-refractivity contribution in [2.45, 2.75) is 40.8 Å². The van der Waals surface area contributed by atoms with Crippen molar-refractivity contribution in [3.63, 3.8) is 0 Å². The molecule has 0 N–H and O–H groups in total. The molecule has 1 aliphatic rings. The third-order valence-corrected chi connectivity index (χ3v) is 5.81. The van der Waals surface area contributed by atoms with Crippen molar-refractivity contribution in [1.82, 2.24) is 15.0 Å². The first-order chi connectivity index (χ1) is 15.8. The first-order valence-electron chi connectivity index (χ1n) is 11.1. The van der Waals surface area contributed by atoms with Gasteiger partial charge in [-0.25, -0.2) is 0 Å². The molecular weight excluding hydrogens is 422 g/mol. The van der Waals surface area contributed by atoms with Gasteiger partial charge in [-0.1, -0.05) is 34.5 Å². The molecule has 0 radical (unpaired) electrons. The summed E-state index contributed by atoms with van der Waals surface area (Å²) in [6.45, 7) is 11.0. The summed E-state index contributed by atoms with van der Waals surface area (Å²) in [6.07, 6.45) is 1.39. The fraction of sp³-hybridized carbons (Fsp3) is 0.400. The third kappa shape index (κ3) is 5.34. The number of benzene rings is 1. The largest absolute Gasteiger partial charge is 0.482 e. The Balaban J connectivity index is 1.31. The Labute approximate surface area is 192 Å². The molecule has 174 valence electrons. The molecule has 33 heavy (non-hydrogen) atoms. The predicted octanol–water partition coefficient (Wildman–Crippen LogP) is 3.40. The summed E-state index contributed by atoms with van der Waals surface area (Å²) in [5.74, 6) is 1.27. The molecule has 0 unspecified atom stereocenters. The van der Waals surface area contributed by atoms with E-state index in [0.717, 1.165) is 16.7 Å². The molecule has 0 aliphatic carbocycles. The molecule has 0 spiro atoms. The van der Waals surface area contributed by atoms with Crippen LogP contribution in [0.2, 0.25) is 0 Å². The fourth-order valence-electron chi connectivity index (χ4n) is 4.22. The van der Waals surface area contributed by atoms with E-state index in [1.807, 2.05) is 30.9 Å². The molecule has 0 saturated carbocycles. The van der Waals surface area contributed by atoms with E-state index < -0.39 is 0 Å². The fourth-order valence-corrected chi connectivity index (χ4v) is 4.22. The number of nitrogens with zero attached hydrogens (tertiary/aromatic N) is 3. The number of ether oxygens (including phenoxy) is 1. The van der Waals surface area contributed by atoms with Crippen molar-refractivity contribution < 1.29 is 18.5 Å². The second-order valence-electron chi connectivity index (χ2n) is 8.63. The van der Waals surface area contributed by atoms with E-state index in [1.165, 1.54) is 12.3 Å². The molecule has 8 nitrogen and oxygen atoms in total. The Kier molecular flexibility index (Phi) is 6.65. The van der Waals surface area contributed by atoms with Crippen molar-refractivity contribution in [3.05, 3.63) is 80.2 Å². The summed E-state index contributed by atoms with van der Waals surface area (Å²) < 4.78 is 16.5. The van der Waals surface area contributed by atoms with Crippen LogP contribution in [0.1, 0.15) is 44.3 Å². The van der Waals surface area contributed by atoms with Gasteiger partial charge >= 0.3 is 0 Å². The summed E-state index contributed by atoms with van der Waals surface area (Å²) in [5.41, 5.74) is 4.29. The van der Waals surface area contributed by atoms with Crippen LogP contribution in [0.4, 0.5) is 0 Å². The number of piperazine rings is 1. The molecule has 1 aliphatic heterocycles. The van der Waals surface area contributed by atoms with E-state index in [0.29, 0.717) is 62.1 Å². The number of aryl methyl sites for hydroxylation is 4. The zero-order chi connectivity index (χ0) is 23.5. The summed E-state index contributed by atoms with van der Waals surface area (Å²) >= 11 is 0. The summed E-state index contributed by atoms with van der Waals surface area (Å²) in [7, 11) is 0. The van der Waals surface area contributed by atoms with Gasteiger partial charge in [0.25, 0.3) is 5.91 Å². The molecule has 0 atom stereocenters. The van der Waals surface area contributed by atoms with Crippen LogP contribution in [-0.4, -0.2) is 47.0 Å². The maximum Gasteiger partial charge on any atom is 0.259 e. The van der Waals surface area contributed by atoms with Crippen molar-refractivity contribution in [1.29, 1.82) is 0 Å². The van der Waals surface area contributed by atoms with Crippen molar-refractivity contribution in [3.8, 4) is 5.75 Å². The van der Waals surface area contributed by atoms with Gasteiger partial charge in [0.05, 0.1) is 12.2 Å². The summed E-state index contributed by atoms with van der Waals surface area (Å²) in [5, 5.41) is 3.87. The zero-order valence-corrected chi connectivity index (χ0v) is 19.5. The number of amides is 1. The second kappa shape index (κ2) is 9.62. The monoisotopic (exact) mass is 451 g/mol. The molecular formula is C25H29N3O5. The number of carbonyl (C=O) groups is 1. The molecule has 4 rings (SSSR count). The van der Waals surface area contributed by atoms with Gasteiger partial charge in [0.2, 0.25) is 11.2 Å². The van der Waals surface area contributed by atoms with Gasteiger partial charge in [-0.3, -0.25) is 14.5 Å². The van der Waals surface area contributed by atoms with E-state index >= 15 is 0 Å². The first kappa shape index (κ1) is 22.8. The van der Waals surface area contributed by atoms with Crippen molar-refractivity contribution >= 4 is 5.91 Å². The molecule has 1 saturated heterocycles. The number of carbonyl (C=O) groups excluding carboxylic acids is 1. The maximum absolute atomic E-state index is 12.8. The minimum atomic E-state index is -0.201. The maximum atomic E-state index is 12.8. The lowest BCUT2D eigenvalue weighted by atomic mass is 10.1. The molecule has 8 heteroatoms. The Bertz CT molecular complexity index is 1170. The highest BCUT2D eigenvalue weighted by Gasteiger charge is 2.27. The predicted molar refractivity (Wildman–Crippen MR) is 122 cm³/mol. The van der Waals surface area contributed by atoms with Gasteiger partial charge in [-0.15, -0.1) is 0 Å². The smallest absolute Gasteiger partial charge is 0.259 e. The van der Waals surface area contributed by atoms with Crippen LogP contribution in [-0.2, 0) is 13.2 Å². The zero-order valence-electron chi connectivity index (χ0n) is 19.5. The van der Waals surface area contributed by atoms with Gasteiger partial charge in [-0.05, 0) is 33.3 Å². The van der Waals surface area contributed by atoms with Crippen LogP contribution in [0.25, 0.3) is 0 Å². The minimum Gasteiger partial charge on any atom is -0.482 e. The number of hydrogen-bond acceptors (Lipinski definition) is 7. The normalized spacial score (nSPS) is 14.5. The van der Waals surface area contributed by atoms with Crippen LogP contribution < -0.4 is 10.2 Å². The van der Waals surface area contributed by atoms with Crippen LogP contribution in [0.15, 0.2) is 44.3 Å². The Morgan fingerprint density at radius 2 is 1.73 bits per heavy atom. The number of rotatable bonds is 6. The summed E-state index contributed by atoms with van der Waals surface area (Å²) in [6, 6.07) is 7.66. The quantitative estimate of drug-likeness (QED) is 0.567. The third-order valence-electron chi connectivity index (χ3n) is 5.81. The highest BCUT2D eigenvalue weighted by Crippen LogP contribution is 2.18. The lowest BCUT2D eigenvalue weighted by molar-refractivity contribution is 0.0617. The van der Waals surface area contributed by atoms with Gasteiger partial charge in [0.15, 0.2) is 0 Å². The molecule has 3 heterocycles. The number of aromatic nitrogens is 1. The number of hydrogen-bond donors (Lipinski definition) is 0. The molecule has 1 aromatic carbocycles. The Morgan fingerprint density at radius 1 is 1.03 bits per heavy atom. The van der Waals surface area contributed by atoms with Crippen LogP contribution >= 0.6 is 0 Å². The van der Waals surface area contributed by atoms with Crippen LogP contribution in [0.3, 0.4) is 0 Å². The highest BCUT2D eigenvalue weighted by atomic mass is 16.5.